The molecule has 3 rings (SSSR count). The lowest BCUT2D eigenvalue weighted by molar-refractivity contribution is -0.385. The van der Waals surface area contributed by atoms with Gasteiger partial charge in [-0.25, -0.2) is 4.98 Å². The average Bonchev–Trinajstić information content (AvgIpc) is 2.67. The largest absolute Gasteiger partial charge is 0.355 e. The maximum atomic E-state index is 12.4. The van der Waals surface area contributed by atoms with Crippen LogP contribution in [0.2, 0.25) is 0 Å². The van der Waals surface area contributed by atoms with E-state index >= 15 is 0 Å². The zero-order valence-electron chi connectivity index (χ0n) is 14.6. The van der Waals surface area contributed by atoms with Crippen molar-refractivity contribution in [3.05, 3.63) is 58.0 Å². The minimum atomic E-state index is -0.464. The van der Waals surface area contributed by atoms with Gasteiger partial charge in [0, 0.05) is 49.2 Å². The standard InChI is InChI=1S/C18H21N5O3/c1-13-15(3-2-4-16(13)23(25)26)18(24)21-11-14-5-9-22(10-6-14)17-12-19-7-8-20-17/h2-4,7-8,12,14H,5-6,9-11H2,1H3,(H,21,24). The summed E-state index contributed by atoms with van der Waals surface area (Å²) >= 11 is 0. The highest BCUT2D eigenvalue weighted by molar-refractivity contribution is 5.96. The van der Waals surface area contributed by atoms with Gasteiger partial charge in [0.2, 0.25) is 0 Å². The number of aromatic nitrogens is 2. The van der Waals surface area contributed by atoms with Crippen molar-refractivity contribution in [2.45, 2.75) is 19.8 Å². The summed E-state index contributed by atoms with van der Waals surface area (Å²) in [4.78, 5) is 33.5. The molecule has 136 valence electrons. The third-order valence-corrected chi connectivity index (χ3v) is 4.79. The van der Waals surface area contributed by atoms with E-state index in [9.17, 15) is 14.9 Å². The molecule has 1 aromatic heterocycles. The second-order valence-electron chi connectivity index (χ2n) is 6.41. The molecule has 1 saturated heterocycles. The minimum Gasteiger partial charge on any atom is -0.355 e. The molecule has 1 N–H and O–H groups in total. The summed E-state index contributed by atoms with van der Waals surface area (Å²) in [7, 11) is 0. The van der Waals surface area contributed by atoms with Gasteiger partial charge in [0.05, 0.1) is 11.1 Å². The summed E-state index contributed by atoms with van der Waals surface area (Å²) in [5.74, 6) is 0.996. The van der Waals surface area contributed by atoms with Gasteiger partial charge in [-0.3, -0.25) is 19.9 Å². The van der Waals surface area contributed by atoms with Crippen molar-refractivity contribution in [2.75, 3.05) is 24.5 Å². The minimum absolute atomic E-state index is 0.0325. The van der Waals surface area contributed by atoms with E-state index < -0.39 is 4.92 Å². The van der Waals surface area contributed by atoms with Crippen molar-refractivity contribution in [3.63, 3.8) is 0 Å². The molecule has 1 aromatic carbocycles. The highest BCUT2D eigenvalue weighted by atomic mass is 16.6. The van der Waals surface area contributed by atoms with Crippen molar-refractivity contribution in [2.24, 2.45) is 5.92 Å². The Morgan fingerprint density at radius 2 is 2.12 bits per heavy atom. The summed E-state index contributed by atoms with van der Waals surface area (Å²) in [6.45, 7) is 3.91. The van der Waals surface area contributed by atoms with E-state index in [4.69, 9.17) is 0 Å². The predicted molar refractivity (Wildman–Crippen MR) is 97.1 cm³/mol. The molecule has 0 bridgehead atoms. The summed E-state index contributed by atoms with van der Waals surface area (Å²) in [5, 5.41) is 13.9. The molecular weight excluding hydrogens is 334 g/mol. The molecule has 26 heavy (non-hydrogen) atoms. The Morgan fingerprint density at radius 1 is 1.35 bits per heavy atom. The summed E-state index contributed by atoms with van der Waals surface area (Å²) in [5.41, 5.74) is 0.721. The van der Waals surface area contributed by atoms with Crippen molar-refractivity contribution in [3.8, 4) is 0 Å². The number of carbonyl (C=O) groups excluding carboxylic acids is 1. The van der Waals surface area contributed by atoms with Crippen molar-refractivity contribution in [1.82, 2.24) is 15.3 Å². The molecule has 1 fully saturated rings. The van der Waals surface area contributed by atoms with E-state index in [0.29, 0.717) is 23.6 Å². The first kappa shape index (κ1) is 17.8. The van der Waals surface area contributed by atoms with E-state index in [1.807, 2.05) is 0 Å². The first-order chi connectivity index (χ1) is 12.6. The number of nitrogens with one attached hydrogen (secondary N) is 1. The first-order valence-electron chi connectivity index (χ1n) is 8.59. The molecule has 0 atom stereocenters. The lowest BCUT2D eigenvalue weighted by Crippen LogP contribution is -2.39. The van der Waals surface area contributed by atoms with E-state index in [1.165, 1.54) is 6.07 Å². The van der Waals surface area contributed by atoms with Crippen LogP contribution < -0.4 is 10.2 Å². The number of hydrogen-bond acceptors (Lipinski definition) is 6. The van der Waals surface area contributed by atoms with Gasteiger partial charge in [-0.2, -0.15) is 0 Å². The number of amides is 1. The third-order valence-electron chi connectivity index (χ3n) is 4.79. The summed E-state index contributed by atoms with van der Waals surface area (Å²) in [6, 6.07) is 4.57. The van der Waals surface area contributed by atoms with Crippen LogP contribution in [-0.2, 0) is 0 Å². The molecule has 2 heterocycles. The van der Waals surface area contributed by atoms with Crippen LogP contribution in [0.25, 0.3) is 0 Å². The fourth-order valence-corrected chi connectivity index (χ4v) is 3.22. The normalized spacial score (nSPS) is 14.9. The Hall–Kier alpha value is -3.03. The third kappa shape index (κ3) is 3.96. The van der Waals surface area contributed by atoms with Crippen LogP contribution in [-0.4, -0.2) is 40.4 Å². The van der Waals surface area contributed by atoms with Gasteiger partial charge < -0.3 is 10.2 Å². The molecule has 1 amide bonds. The monoisotopic (exact) mass is 355 g/mol. The van der Waals surface area contributed by atoms with Gasteiger partial charge in [0.25, 0.3) is 11.6 Å². The smallest absolute Gasteiger partial charge is 0.273 e. The Balaban J connectivity index is 1.53. The van der Waals surface area contributed by atoms with Gasteiger partial charge >= 0.3 is 0 Å². The number of carbonyl (C=O) groups is 1. The van der Waals surface area contributed by atoms with Crippen LogP contribution in [0.3, 0.4) is 0 Å². The fourth-order valence-electron chi connectivity index (χ4n) is 3.22. The molecule has 0 spiro atoms. The van der Waals surface area contributed by atoms with Crippen LogP contribution in [0.5, 0.6) is 0 Å². The van der Waals surface area contributed by atoms with Gasteiger partial charge in [0.1, 0.15) is 5.82 Å². The molecular formula is C18H21N5O3. The maximum absolute atomic E-state index is 12.4. The maximum Gasteiger partial charge on any atom is 0.273 e. The van der Waals surface area contributed by atoms with E-state index in [-0.39, 0.29) is 11.6 Å². The zero-order valence-corrected chi connectivity index (χ0v) is 14.6. The van der Waals surface area contributed by atoms with Crippen LogP contribution in [0.4, 0.5) is 11.5 Å². The van der Waals surface area contributed by atoms with Crippen molar-refractivity contribution in [1.29, 1.82) is 0 Å². The zero-order chi connectivity index (χ0) is 18.5. The summed E-state index contributed by atoms with van der Waals surface area (Å²) in [6.07, 6.45) is 6.99. The molecule has 2 aromatic rings. The quantitative estimate of drug-likeness (QED) is 0.652. The lowest BCUT2D eigenvalue weighted by Gasteiger charge is -2.32. The molecule has 0 saturated carbocycles. The molecule has 0 radical (unpaired) electrons. The molecule has 8 heteroatoms. The van der Waals surface area contributed by atoms with Gasteiger partial charge in [-0.05, 0) is 31.7 Å². The first-order valence-corrected chi connectivity index (χ1v) is 8.59. The van der Waals surface area contributed by atoms with Crippen molar-refractivity contribution >= 4 is 17.4 Å². The van der Waals surface area contributed by atoms with Gasteiger partial charge in [0.15, 0.2) is 0 Å². The number of nitro groups is 1. The molecule has 1 aliphatic rings. The number of hydrogen-bond donors (Lipinski definition) is 1. The summed E-state index contributed by atoms with van der Waals surface area (Å²) < 4.78 is 0. The second kappa shape index (κ2) is 7.90. The van der Waals surface area contributed by atoms with Crippen LogP contribution in [0.15, 0.2) is 36.8 Å². The number of nitrogens with zero attached hydrogens (tertiary/aromatic N) is 4. The number of nitro benzene ring substituents is 1. The van der Waals surface area contributed by atoms with Crippen LogP contribution in [0, 0.1) is 23.0 Å². The topological polar surface area (TPSA) is 101 Å². The molecule has 0 aliphatic carbocycles. The van der Waals surface area contributed by atoms with E-state index in [0.717, 1.165) is 31.7 Å². The molecule has 1 aliphatic heterocycles. The van der Waals surface area contributed by atoms with Gasteiger partial charge in [-0.1, -0.05) is 6.07 Å². The Morgan fingerprint density at radius 3 is 2.77 bits per heavy atom. The lowest BCUT2D eigenvalue weighted by atomic mass is 9.96. The average molecular weight is 355 g/mol. The second-order valence-corrected chi connectivity index (χ2v) is 6.41. The van der Waals surface area contributed by atoms with E-state index in [2.05, 4.69) is 20.2 Å². The number of benzene rings is 1. The van der Waals surface area contributed by atoms with Crippen molar-refractivity contribution < 1.29 is 9.72 Å². The number of piperidine rings is 1. The Bertz CT molecular complexity index is 789. The highest BCUT2D eigenvalue weighted by Gasteiger charge is 2.22. The SMILES string of the molecule is Cc1c(C(=O)NCC2CCN(c3cnccn3)CC2)cccc1[N+](=O)[O-]. The number of anilines is 1. The fraction of sp³-hybridized carbons (Fsp3) is 0.389. The predicted octanol–water partition coefficient (Wildman–Crippen LogP) is 2.34. The Kier molecular flexibility index (Phi) is 5.40. The molecule has 0 unspecified atom stereocenters. The van der Waals surface area contributed by atoms with E-state index in [1.54, 1.807) is 37.6 Å². The number of rotatable bonds is 5. The van der Waals surface area contributed by atoms with Gasteiger partial charge in [-0.15, -0.1) is 0 Å². The molecule has 8 nitrogen and oxygen atoms in total. The Labute approximate surface area is 151 Å². The van der Waals surface area contributed by atoms with Crippen LogP contribution in [0.1, 0.15) is 28.8 Å². The highest BCUT2D eigenvalue weighted by Crippen LogP contribution is 2.22. The van der Waals surface area contributed by atoms with Crippen LogP contribution >= 0.6 is 0 Å².